The van der Waals surface area contributed by atoms with E-state index in [4.69, 9.17) is 4.74 Å². The quantitative estimate of drug-likeness (QED) is 0.841. The van der Waals surface area contributed by atoms with Crippen molar-refractivity contribution in [2.24, 2.45) is 5.92 Å². The van der Waals surface area contributed by atoms with Crippen LogP contribution in [0.25, 0.3) is 0 Å². The summed E-state index contributed by atoms with van der Waals surface area (Å²) < 4.78 is 6.20. The number of amides is 2. The lowest BCUT2D eigenvalue weighted by atomic mass is 10.1. The average Bonchev–Trinajstić information content (AvgIpc) is 2.91. The summed E-state index contributed by atoms with van der Waals surface area (Å²) in [5, 5.41) is 2.94. The number of hydrogen-bond donors (Lipinski definition) is 1. The van der Waals surface area contributed by atoms with Crippen LogP contribution in [0.4, 0.5) is 10.5 Å². The molecule has 1 heterocycles. The van der Waals surface area contributed by atoms with Gasteiger partial charge < -0.3 is 15.0 Å². The minimum Gasteiger partial charge on any atom is -0.444 e. The molecule has 23 heavy (non-hydrogen) atoms. The van der Waals surface area contributed by atoms with Crippen LogP contribution in [0.5, 0.6) is 0 Å². The molecule has 0 unspecified atom stereocenters. The molecular weight excluding hydrogens is 360 g/mol. The number of carbonyl (C=O) groups is 2. The zero-order valence-electron chi connectivity index (χ0n) is 14.0. The van der Waals surface area contributed by atoms with E-state index in [-0.39, 0.29) is 17.9 Å². The minimum atomic E-state index is -0.524. The fourth-order valence-corrected chi connectivity index (χ4v) is 2.78. The Kier molecular flexibility index (Phi) is 5.34. The highest BCUT2D eigenvalue weighted by Crippen LogP contribution is 2.26. The van der Waals surface area contributed by atoms with Gasteiger partial charge in [-0.3, -0.25) is 4.79 Å². The number of nitrogens with zero attached hydrogens (tertiary/aromatic N) is 1. The number of ether oxygens (including phenoxy) is 1. The largest absolute Gasteiger partial charge is 0.444 e. The van der Waals surface area contributed by atoms with Crippen LogP contribution in [0.3, 0.4) is 0 Å². The van der Waals surface area contributed by atoms with Gasteiger partial charge in [0, 0.05) is 17.6 Å². The number of rotatable bonds is 2. The molecular formula is C17H23BrN2O3. The Bertz CT molecular complexity index is 610. The predicted octanol–water partition coefficient (Wildman–Crippen LogP) is 3.95. The SMILES string of the molecule is Cc1ccc(Br)c(NC(=O)[C@@H]2CCN(C(=O)OC(C)(C)C)C2)c1. The Morgan fingerprint density at radius 3 is 2.70 bits per heavy atom. The summed E-state index contributed by atoms with van der Waals surface area (Å²) in [5.74, 6) is -0.280. The van der Waals surface area contributed by atoms with Gasteiger partial charge in [-0.15, -0.1) is 0 Å². The summed E-state index contributed by atoms with van der Waals surface area (Å²) in [7, 11) is 0. The molecule has 0 saturated carbocycles. The van der Waals surface area contributed by atoms with Gasteiger partial charge in [0.25, 0.3) is 0 Å². The second-order valence-electron chi connectivity index (χ2n) is 6.88. The van der Waals surface area contributed by atoms with E-state index in [2.05, 4.69) is 21.2 Å². The highest BCUT2D eigenvalue weighted by Gasteiger charge is 2.33. The lowest BCUT2D eigenvalue weighted by Gasteiger charge is -2.24. The van der Waals surface area contributed by atoms with Gasteiger partial charge in [0.1, 0.15) is 5.60 Å². The van der Waals surface area contributed by atoms with Gasteiger partial charge >= 0.3 is 6.09 Å². The third-order valence-corrected chi connectivity index (χ3v) is 4.28. The Morgan fingerprint density at radius 2 is 2.04 bits per heavy atom. The summed E-state index contributed by atoms with van der Waals surface area (Å²) in [6.07, 6.45) is 0.290. The maximum Gasteiger partial charge on any atom is 0.410 e. The number of halogens is 1. The Balaban J connectivity index is 1.95. The Labute approximate surface area is 145 Å². The topological polar surface area (TPSA) is 58.6 Å². The van der Waals surface area contributed by atoms with Crippen molar-refractivity contribution in [1.82, 2.24) is 4.90 Å². The molecule has 0 aromatic heterocycles. The van der Waals surface area contributed by atoms with Crippen LogP contribution in [0, 0.1) is 12.8 Å². The number of aryl methyl sites for hydroxylation is 1. The fraction of sp³-hybridized carbons (Fsp3) is 0.529. The van der Waals surface area contributed by atoms with Crippen LogP contribution in [0.15, 0.2) is 22.7 Å². The normalized spacial score (nSPS) is 18.0. The number of nitrogens with one attached hydrogen (secondary N) is 1. The molecule has 2 rings (SSSR count). The molecule has 5 nitrogen and oxygen atoms in total. The first kappa shape index (κ1) is 17.8. The summed E-state index contributed by atoms with van der Waals surface area (Å²) in [6, 6.07) is 5.80. The monoisotopic (exact) mass is 382 g/mol. The summed E-state index contributed by atoms with van der Waals surface area (Å²) in [4.78, 5) is 26.1. The van der Waals surface area contributed by atoms with Crippen molar-refractivity contribution in [2.75, 3.05) is 18.4 Å². The Hall–Kier alpha value is -1.56. The van der Waals surface area contributed by atoms with Crippen LogP contribution in [-0.2, 0) is 9.53 Å². The highest BCUT2D eigenvalue weighted by molar-refractivity contribution is 9.10. The van der Waals surface area contributed by atoms with E-state index in [0.717, 1.165) is 15.7 Å². The average molecular weight is 383 g/mol. The van der Waals surface area contributed by atoms with E-state index in [1.165, 1.54) is 0 Å². The first-order valence-corrected chi connectivity index (χ1v) is 8.50. The van der Waals surface area contributed by atoms with E-state index in [1.807, 2.05) is 45.9 Å². The molecule has 1 fully saturated rings. The highest BCUT2D eigenvalue weighted by atomic mass is 79.9. The third-order valence-electron chi connectivity index (χ3n) is 3.59. The number of hydrogen-bond acceptors (Lipinski definition) is 3. The van der Waals surface area contributed by atoms with Gasteiger partial charge in [0.05, 0.1) is 11.6 Å². The van der Waals surface area contributed by atoms with Crippen LogP contribution >= 0.6 is 15.9 Å². The van der Waals surface area contributed by atoms with Gasteiger partial charge in [0.2, 0.25) is 5.91 Å². The van der Waals surface area contributed by atoms with Gasteiger partial charge in [-0.2, -0.15) is 0 Å². The van der Waals surface area contributed by atoms with E-state index in [0.29, 0.717) is 19.5 Å². The van der Waals surface area contributed by atoms with Crippen molar-refractivity contribution < 1.29 is 14.3 Å². The number of likely N-dealkylation sites (tertiary alicyclic amines) is 1. The van der Waals surface area contributed by atoms with Crippen LogP contribution < -0.4 is 5.32 Å². The molecule has 6 heteroatoms. The minimum absolute atomic E-state index is 0.0673. The third kappa shape index (κ3) is 4.96. The molecule has 1 aromatic carbocycles. The van der Waals surface area contributed by atoms with Crippen molar-refractivity contribution in [3.05, 3.63) is 28.2 Å². The molecule has 126 valence electrons. The van der Waals surface area contributed by atoms with Crippen LogP contribution in [0.2, 0.25) is 0 Å². The number of benzene rings is 1. The van der Waals surface area contributed by atoms with E-state index in [9.17, 15) is 9.59 Å². The lowest BCUT2D eigenvalue weighted by molar-refractivity contribution is -0.119. The number of carbonyl (C=O) groups excluding carboxylic acids is 2. The fourth-order valence-electron chi connectivity index (χ4n) is 2.44. The van der Waals surface area contributed by atoms with E-state index in [1.54, 1.807) is 4.90 Å². The Morgan fingerprint density at radius 1 is 1.35 bits per heavy atom. The van der Waals surface area contributed by atoms with Crippen molar-refractivity contribution in [3.63, 3.8) is 0 Å². The second-order valence-corrected chi connectivity index (χ2v) is 7.74. The van der Waals surface area contributed by atoms with Crippen molar-refractivity contribution in [1.29, 1.82) is 0 Å². The van der Waals surface area contributed by atoms with Crippen LogP contribution in [0.1, 0.15) is 32.8 Å². The zero-order chi connectivity index (χ0) is 17.2. The van der Waals surface area contributed by atoms with Crippen molar-refractivity contribution >= 4 is 33.6 Å². The number of anilines is 1. The van der Waals surface area contributed by atoms with E-state index >= 15 is 0 Å². The standard InChI is InChI=1S/C17H23BrN2O3/c1-11-5-6-13(18)14(9-11)19-15(21)12-7-8-20(10-12)16(22)23-17(2,3)4/h5-6,9,12H,7-8,10H2,1-4H3,(H,19,21)/t12-/m1/s1. The molecule has 0 spiro atoms. The van der Waals surface area contributed by atoms with Crippen molar-refractivity contribution in [2.45, 2.75) is 39.7 Å². The molecule has 0 radical (unpaired) electrons. The molecule has 1 aromatic rings. The summed E-state index contributed by atoms with van der Waals surface area (Å²) in [5.41, 5.74) is 1.31. The molecule has 0 bridgehead atoms. The molecule has 0 aliphatic carbocycles. The molecule has 1 atom stereocenters. The second kappa shape index (κ2) is 6.91. The van der Waals surface area contributed by atoms with Gasteiger partial charge in [-0.25, -0.2) is 4.79 Å². The lowest BCUT2D eigenvalue weighted by Crippen LogP contribution is -2.36. The van der Waals surface area contributed by atoms with Crippen molar-refractivity contribution in [3.8, 4) is 0 Å². The zero-order valence-corrected chi connectivity index (χ0v) is 15.6. The smallest absolute Gasteiger partial charge is 0.410 e. The maximum atomic E-state index is 12.4. The first-order chi connectivity index (χ1) is 10.7. The molecule has 1 aliphatic heterocycles. The van der Waals surface area contributed by atoms with E-state index < -0.39 is 5.60 Å². The van der Waals surface area contributed by atoms with Gasteiger partial charge in [-0.05, 0) is 67.7 Å². The molecule has 1 aliphatic rings. The van der Waals surface area contributed by atoms with Crippen LogP contribution in [-0.4, -0.2) is 35.6 Å². The molecule has 2 amide bonds. The first-order valence-electron chi connectivity index (χ1n) is 7.70. The van der Waals surface area contributed by atoms with Gasteiger partial charge in [-0.1, -0.05) is 6.07 Å². The molecule has 1 N–H and O–H groups in total. The van der Waals surface area contributed by atoms with Gasteiger partial charge in [0.15, 0.2) is 0 Å². The molecule has 1 saturated heterocycles. The summed E-state index contributed by atoms with van der Waals surface area (Å²) >= 11 is 3.44. The summed E-state index contributed by atoms with van der Waals surface area (Å²) in [6.45, 7) is 8.41. The maximum absolute atomic E-state index is 12.4. The predicted molar refractivity (Wildman–Crippen MR) is 93.4 cm³/mol.